The highest BCUT2D eigenvalue weighted by molar-refractivity contribution is 9.10. The Kier molecular flexibility index (Phi) is 4.17. The molecule has 0 aromatic carbocycles. The highest BCUT2D eigenvalue weighted by atomic mass is 79.9. The number of aromatic nitrogens is 4. The van der Waals surface area contributed by atoms with Crippen LogP contribution in [0.25, 0.3) is 5.65 Å². The number of pyridine rings is 1. The van der Waals surface area contributed by atoms with Crippen LogP contribution >= 0.6 is 15.9 Å². The number of halogens is 4. The van der Waals surface area contributed by atoms with E-state index < -0.39 is 11.7 Å². The maximum absolute atomic E-state index is 13.0. The zero-order valence-electron chi connectivity index (χ0n) is 14.1. The van der Waals surface area contributed by atoms with Crippen LogP contribution in [0, 0.1) is 6.92 Å². The molecule has 1 aliphatic heterocycles. The molecule has 0 unspecified atom stereocenters. The van der Waals surface area contributed by atoms with Crippen molar-refractivity contribution in [2.75, 3.05) is 11.4 Å². The van der Waals surface area contributed by atoms with Gasteiger partial charge in [-0.2, -0.15) is 17.7 Å². The molecule has 4 rings (SSSR count). The molecular formula is C17H13BrF3N5O. The second kappa shape index (κ2) is 6.29. The normalized spacial score (nSPS) is 14.5. The molecule has 0 spiro atoms. The Morgan fingerprint density at radius 2 is 1.96 bits per heavy atom. The fourth-order valence-electron chi connectivity index (χ4n) is 3.14. The molecule has 0 atom stereocenters. The highest BCUT2D eigenvalue weighted by Crippen LogP contribution is 2.32. The van der Waals surface area contributed by atoms with E-state index in [4.69, 9.17) is 0 Å². The number of aryl methyl sites for hydroxylation is 1. The van der Waals surface area contributed by atoms with Crippen LogP contribution < -0.4 is 10.5 Å². The molecule has 0 N–H and O–H groups in total. The van der Waals surface area contributed by atoms with Gasteiger partial charge in [-0.15, -0.1) is 5.10 Å². The van der Waals surface area contributed by atoms with Gasteiger partial charge in [-0.1, -0.05) is 0 Å². The molecule has 6 nitrogen and oxygen atoms in total. The summed E-state index contributed by atoms with van der Waals surface area (Å²) in [6.07, 6.45) is -1.65. The van der Waals surface area contributed by atoms with Gasteiger partial charge in [0.05, 0.1) is 5.56 Å². The van der Waals surface area contributed by atoms with E-state index in [-0.39, 0.29) is 16.6 Å². The number of hydrogen-bond donors (Lipinski definition) is 0. The molecule has 3 aromatic rings. The molecular weight excluding hydrogens is 427 g/mol. The molecule has 0 saturated heterocycles. The predicted molar refractivity (Wildman–Crippen MR) is 95.7 cm³/mol. The highest BCUT2D eigenvalue weighted by Gasteiger charge is 2.32. The number of alkyl halides is 3. The molecule has 0 amide bonds. The molecule has 140 valence electrons. The Morgan fingerprint density at radius 3 is 2.70 bits per heavy atom. The third-order valence-electron chi connectivity index (χ3n) is 4.48. The van der Waals surface area contributed by atoms with Crippen molar-refractivity contribution < 1.29 is 13.2 Å². The lowest BCUT2D eigenvalue weighted by molar-refractivity contribution is -0.137. The van der Waals surface area contributed by atoms with Crippen LogP contribution in [0.3, 0.4) is 0 Å². The van der Waals surface area contributed by atoms with Gasteiger partial charge in [0.25, 0.3) is 5.56 Å². The van der Waals surface area contributed by atoms with Gasteiger partial charge < -0.3 is 4.90 Å². The molecule has 10 heteroatoms. The maximum Gasteiger partial charge on any atom is 0.417 e. The summed E-state index contributed by atoms with van der Waals surface area (Å²) < 4.78 is 40.4. The van der Waals surface area contributed by atoms with E-state index in [1.165, 1.54) is 10.7 Å². The first-order valence-corrected chi connectivity index (χ1v) is 8.88. The van der Waals surface area contributed by atoms with Crippen LogP contribution in [0.5, 0.6) is 0 Å². The van der Waals surface area contributed by atoms with Crippen molar-refractivity contribution in [1.82, 2.24) is 19.6 Å². The topological polar surface area (TPSA) is 63.4 Å². The fourth-order valence-corrected chi connectivity index (χ4v) is 3.41. The second-order valence-electron chi connectivity index (χ2n) is 6.33. The summed E-state index contributed by atoms with van der Waals surface area (Å²) >= 11 is 3.14. The standard InChI is InChI=1S/C17H13BrF3N5O/c1-9-4-14-23-7-12(18)16(27)26(14)24-15(9)25-3-2-13-10(8-25)5-11(6-22-13)17(19,20)21/h4-7H,2-3,8H2,1H3. The summed E-state index contributed by atoms with van der Waals surface area (Å²) in [5, 5.41) is 4.40. The summed E-state index contributed by atoms with van der Waals surface area (Å²) in [6.45, 7) is 2.61. The first kappa shape index (κ1) is 17.9. The first-order valence-electron chi connectivity index (χ1n) is 8.09. The molecule has 0 radical (unpaired) electrons. The Labute approximate surface area is 159 Å². The SMILES string of the molecule is Cc1cc2ncc(Br)c(=O)n2nc1N1CCc2ncc(C(F)(F)F)cc2C1. The number of fused-ring (bicyclic) bond motifs is 2. The molecule has 0 bridgehead atoms. The summed E-state index contributed by atoms with van der Waals surface area (Å²) in [5.74, 6) is 0.535. The van der Waals surface area contributed by atoms with Crippen LogP contribution in [0.4, 0.5) is 19.0 Å². The molecule has 3 aromatic heterocycles. The number of hydrogen-bond acceptors (Lipinski definition) is 5. The van der Waals surface area contributed by atoms with Crippen molar-refractivity contribution >= 4 is 27.4 Å². The number of anilines is 1. The van der Waals surface area contributed by atoms with Crippen LogP contribution in [-0.4, -0.2) is 26.1 Å². The van der Waals surface area contributed by atoms with Gasteiger partial charge in [-0.3, -0.25) is 9.78 Å². The van der Waals surface area contributed by atoms with Crippen molar-refractivity contribution in [3.05, 3.63) is 61.7 Å². The predicted octanol–water partition coefficient (Wildman–Crippen LogP) is 3.14. The van der Waals surface area contributed by atoms with Gasteiger partial charge in [-0.05, 0) is 46.1 Å². The van der Waals surface area contributed by atoms with E-state index >= 15 is 0 Å². The smallest absolute Gasteiger partial charge is 0.350 e. The molecule has 1 aliphatic rings. The van der Waals surface area contributed by atoms with Crippen molar-refractivity contribution in [2.45, 2.75) is 26.1 Å². The lowest BCUT2D eigenvalue weighted by atomic mass is 10.0. The van der Waals surface area contributed by atoms with E-state index in [1.54, 1.807) is 6.07 Å². The van der Waals surface area contributed by atoms with Crippen LogP contribution in [0.2, 0.25) is 0 Å². The third-order valence-corrected chi connectivity index (χ3v) is 5.03. The van der Waals surface area contributed by atoms with E-state index in [0.29, 0.717) is 35.7 Å². The van der Waals surface area contributed by atoms with Gasteiger partial charge >= 0.3 is 6.18 Å². The van der Waals surface area contributed by atoms with Crippen molar-refractivity contribution in [1.29, 1.82) is 0 Å². The average Bonchev–Trinajstić information content (AvgIpc) is 2.63. The summed E-state index contributed by atoms with van der Waals surface area (Å²) in [5.41, 5.74) is 1.24. The molecule has 0 aliphatic carbocycles. The lowest BCUT2D eigenvalue weighted by Crippen LogP contribution is -2.33. The summed E-state index contributed by atoms with van der Waals surface area (Å²) in [7, 11) is 0. The molecule has 4 heterocycles. The lowest BCUT2D eigenvalue weighted by Gasteiger charge is -2.30. The minimum Gasteiger partial charge on any atom is -0.350 e. The number of nitrogens with zero attached hydrogens (tertiary/aromatic N) is 5. The molecule has 0 fully saturated rings. The van der Waals surface area contributed by atoms with E-state index in [0.717, 1.165) is 17.8 Å². The van der Waals surface area contributed by atoms with Crippen molar-refractivity contribution in [2.24, 2.45) is 0 Å². The van der Waals surface area contributed by atoms with Crippen molar-refractivity contribution in [3.8, 4) is 0 Å². The maximum atomic E-state index is 13.0. The van der Waals surface area contributed by atoms with E-state index in [1.807, 2.05) is 11.8 Å². The third kappa shape index (κ3) is 3.18. The van der Waals surface area contributed by atoms with Crippen LogP contribution in [-0.2, 0) is 19.1 Å². The van der Waals surface area contributed by atoms with Gasteiger partial charge in [-0.25, -0.2) is 4.98 Å². The zero-order chi connectivity index (χ0) is 19.3. The van der Waals surface area contributed by atoms with E-state index in [9.17, 15) is 18.0 Å². The summed E-state index contributed by atoms with van der Waals surface area (Å²) in [4.78, 5) is 22.3. The average molecular weight is 440 g/mol. The quantitative estimate of drug-likeness (QED) is 0.582. The fraction of sp³-hybridized carbons (Fsp3) is 0.294. The Morgan fingerprint density at radius 1 is 1.19 bits per heavy atom. The minimum atomic E-state index is -4.44. The Bertz CT molecular complexity index is 1110. The second-order valence-corrected chi connectivity index (χ2v) is 7.19. The van der Waals surface area contributed by atoms with Gasteiger partial charge in [0.2, 0.25) is 0 Å². The molecule has 0 saturated carbocycles. The van der Waals surface area contributed by atoms with Crippen LogP contribution in [0.15, 0.2) is 33.8 Å². The Hall–Kier alpha value is -2.49. The summed E-state index contributed by atoms with van der Waals surface area (Å²) in [6, 6.07) is 2.87. The monoisotopic (exact) mass is 439 g/mol. The minimum absolute atomic E-state index is 0.238. The van der Waals surface area contributed by atoms with Crippen LogP contribution in [0.1, 0.15) is 22.4 Å². The van der Waals surface area contributed by atoms with Gasteiger partial charge in [0.15, 0.2) is 11.5 Å². The first-order chi connectivity index (χ1) is 12.7. The zero-order valence-corrected chi connectivity index (χ0v) is 15.7. The van der Waals surface area contributed by atoms with Gasteiger partial charge in [0, 0.05) is 37.6 Å². The Balaban J connectivity index is 1.76. The molecule has 27 heavy (non-hydrogen) atoms. The largest absolute Gasteiger partial charge is 0.417 e. The number of rotatable bonds is 1. The van der Waals surface area contributed by atoms with Gasteiger partial charge in [0.1, 0.15) is 4.47 Å². The van der Waals surface area contributed by atoms with E-state index in [2.05, 4.69) is 31.0 Å². The van der Waals surface area contributed by atoms with Crippen molar-refractivity contribution in [3.63, 3.8) is 0 Å².